The zero-order valence-electron chi connectivity index (χ0n) is 22.0. The quantitative estimate of drug-likeness (QED) is 0.482. The van der Waals surface area contributed by atoms with Crippen molar-refractivity contribution in [2.45, 2.75) is 62.7 Å². The van der Waals surface area contributed by atoms with Crippen LogP contribution in [0.15, 0.2) is 57.7 Å². The molecule has 212 valence electrons. The van der Waals surface area contributed by atoms with Gasteiger partial charge in [-0.25, -0.2) is 18.1 Å². The van der Waals surface area contributed by atoms with E-state index in [9.17, 15) is 18.0 Å². The number of amides is 2. The Labute approximate surface area is 243 Å². The molecule has 5 rings (SSSR count). The molecule has 13 heteroatoms. The first-order valence-corrected chi connectivity index (χ1v) is 15.8. The average molecular weight is 606 g/mol. The van der Waals surface area contributed by atoms with Crippen molar-refractivity contribution in [3.05, 3.63) is 69.2 Å². The number of hydrogen-bond donors (Lipinski definition) is 2. The highest BCUT2D eigenvalue weighted by molar-refractivity contribution is 7.88. The molecule has 2 aliphatic heterocycles. The molecule has 0 bridgehead atoms. The van der Waals surface area contributed by atoms with Gasteiger partial charge in [-0.3, -0.25) is 9.59 Å². The number of benzene rings is 2. The van der Waals surface area contributed by atoms with Crippen LogP contribution in [0, 0.1) is 0 Å². The molecule has 10 nitrogen and oxygen atoms in total. The molecule has 2 heterocycles. The Morgan fingerprint density at radius 3 is 2.55 bits per heavy atom. The highest BCUT2D eigenvalue weighted by atomic mass is 35.5. The van der Waals surface area contributed by atoms with E-state index in [0.717, 1.165) is 19.1 Å². The second-order valence-corrected chi connectivity index (χ2v) is 13.0. The fourth-order valence-electron chi connectivity index (χ4n) is 5.96. The fraction of sp³-hybridized carbons (Fsp3) is 0.444. The van der Waals surface area contributed by atoms with Gasteiger partial charge in [0.05, 0.1) is 24.3 Å². The SMILES string of the molecule is CC(NC(=O)[C@@H]1c2ccccc2C(=O)N(C2CCCC[C@@H]2NS(C)(=O)=O)[C@H]1c1ccc(Cl)cc1Cl)C1=NCN=N1. The van der Waals surface area contributed by atoms with E-state index in [4.69, 9.17) is 23.2 Å². The lowest BCUT2D eigenvalue weighted by molar-refractivity contribution is -0.124. The maximum absolute atomic E-state index is 14.3. The minimum absolute atomic E-state index is 0.212. The molecule has 2 aromatic rings. The van der Waals surface area contributed by atoms with Crippen LogP contribution < -0.4 is 10.0 Å². The number of azo groups is 1. The summed E-state index contributed by atoms with van der Waals surface area (Å²) in [5.74, 6) is -1.09. The summed E-state index contributed by atoms with van der Waals surface area (Å²) < 4.78 is 27.4. The Hall–Kier alpha value is -2.86. The van der Waals surface area contributed by atoms with Gasteiger partial charge in [-0.15, -0.1) is 5.11 Å². The van der Waals surface area contributed by atoms with Gasteiger partial charge in [0.25, 0.3) is 5.91 Å². The van der Waals surface area contributed by atoms with Crippen molar-refractivity contribution in [3.8, 4) is 0 Å². The zero-order valence-corrected chi connectivity index (χ0v) is 24.4. The van der Waals surface area contributed by atoms with Crippen LogP contribution in [-0.4, -0.2) is 62.0 Å². The maximum Gasteiger partial charge on any atom is 0.255 e. The van der Waals surface area contributed by atoms with Gasteiger partial charge in [-0.05, 0) is 49.1 Å². The van der Waals surface area contributed by atoms with Crippen molar-refractivity contribution in [1.29, 1.82) is 0 Å². The molecule has 0 saturated heterocycles. The third kappa shape index (κ3) is 5.79. The van der Waals surface area contributed by atoms with Gasteiger partial charge in [0.15, 0.2) is 12.5 Å². The number of carbonyl (C=O) groups excluding carboxylic acids is 2. The summed E-state index contributed by atoms with van der Waals surface area (Å²) in [7, 11) is -3.57. The van der Waals surface area contributed by atoms with E-state index in [1.807, 2.05) is 0 Å². The number of aliphatic imine (C=N–C) groups is 1. The highest BCUT2D eigenvalue weighted by Crippen LogP contribution is 2.48. The van der Waals surface area contributed by atoms with Gasteiger partial charge in [-0.2, -0.15) is 5.11 Å². The number of halogens is 2. The standard InChI is InChI=1S/C27H30Cl2N6O4S/c1-15(25-30-14-31-33-25)32-26(36)23-17-7-3-4-8-18(17)27(37)35(24(23)19-12-11-16(28)13-20(19)29)22-10-6-5-9-21(22)34-40(2,38)39/h3-4,7-8,11-13,15,21-24,34H,5-6,9-10,14H2,1-2H3,(H,32,36)/t15?,21-,22?,23+,24-/m0/s1. The molecular weight excluding hydrogens is 575 g/mol. The number of nitrogens with one attached hydrogen (secondary N) is 2. The van der Waals surface area contributed by atoms with Crippen molar-refractivity contribution in [2.24, 2.45) is 15.2 Å². The molecule has 0 radical (unpaired) electrons. The molecular formula is C27H30Cl2N6O4S. The number of amidine groups is 1. The number of carbonyl (C=O) groups is 2. The normalized spacial score (nSPS) is 25.4. The predicted molar refractivity (Wildman–Crippen MR) is 153 cm³/mol. The van der Waals surface area contributed by atoms with Gasteiger partial charge >= 0.3 is 0 Å². The Morgan fingerprint density at radius 1 is 1.10 bits per heavy atom. The van der Waals surface area contributed by atoms with Crippen molar-refractivity contribution >= 4 is 50.9 Å². The molecule has 1 fully saturated rings. The van der Waals surface area contributed by atoms with Crippen LogP contribution in [0.2, 0.25) is 10.0 Å². The maximum atomic E-state index is 14.3. The van der Waals surface area contributed by atoms with Gasteiger partial charge in [0.2, 0.25) is 15.9 Å². The van der Waals surface area contributed by atoms with Gasteiger partial charge in [-0.1, -0.05) is 60.3 Å². The molecule has 5 atom stereocenters. The van der Waals surface area contributed by atoms with Crippen molar-refractivity contribution in [3.63, 3.8) is 0 Å². The van der Waals surface area contributed by atoms with Crippen LogP contribution in [-0.2, 0) is 14.8 Å². The second kappa shape index (κ2) is 11.6. The van der Waals surface area contributed by atoms with E-state index in [2.05, 4.69) is 25.3 Å². The highest BCUT2D eigenvalue weighted by Gasteiger charge is 2.49. The summed E-state index contributed by atoms with van der Waals surface area (Å²) >= 11 is 13.0. The van der Waals surface area contributed by atoms with Gasteiger partial charge in [0.1, 0.15) is 0 Å². The summed E-state index contributed by atoms with van der Waals surface area (Å²) in [5, 5.41) is 11.6. The molecule has 2 unspecified atom stereocenters. The average Bonchev–Trinajstić information content (AvgIpc) is 3.44. The summed E-state index contributed by atoms with van der Waals surface area (Å²) in [6.45, 7) is 1.99. The first kappa shape index (κ1) is 28.7. The summed E-state index contributed by atoms with van der Waals surface area (Å²) in [5.41, 5.74) is 1.49. The van der Waals surface area contributed by atoms with Crippen LogP contribution in [0.1, 0.15) is 66.1 Å². The lowest BCUT2D eigenvalue weighted by Crippen LogP contribution is -2.59. The number of nitrogens with zero attached hydrogens (tertiary/aromatic N) is 4. The van der Waals surface area contributed by atoms with E-state index < -0.39 is 40.1 Å². The molecule has 1 aliphatic carbocycles. The van der Waals surface area contributed by atoms with Crippen LogP contribution >= 0.6 is 23.2 Å². The number of rotatable bonds is 7. The van der Waals surface area contributed by atoms with Crippen LogP contribution in [0.5, 0.6) is 0 Å². The number of sulfonamides is 1. The molecule has 2 amide bonds. The van der Waals surface area contributed by atoms with Gasteiger partial charge in [0, 0.05) is 27.7 Å². The van der Waals surface area contributed by atoms with Gasteiger partial charge < -0.3 is 10.2 Å². The minimum atomic E-state index is -3.57. The Bertz CT molecular complexity index is 1500. The molecule has 2 aromatic carbocycles. The Kier molecular flexibility index (Phi) is 8.28. The predicted octanol–water partition coefficient (Wildman–Crippen LogP) is 4.46. The first-order chi connectivity index (χ1) is 19.0. The minimum Gasteiger partial charge on any atom is -0.346 e. The van der Waals surface area contributed by atoms with E-state index in [1.54, 1.807) is 54.3 Å². The third-order valence-electron chi connectivity index (χ3n) is 7.61. The summed E-state index contributed by atoms with van der Waals surface area (Å²) in [6, 6.07) is 9.60. The van der Waals surface area contributed by atoms with E-state index >= 15 is 0 Å². The second-order valence-electron chi connectivity index (χ2n) is 10.4. The molecule has 1 saturated carbocycles. The monoisotopic (exact) mass is 604 g/mol. The summed E-state index contributed by atoms with van der Waals surface area (Å²) in [6.07, 6.45) is 3.85. The van der Waals surface area contributed by atoms with Crippen LogP contribution in [0.25, 0.3) is 0 Å². The summed E-state index contributed by atoms with van der Waals surface area (Å²) in [4.78, 5) is 34.4. The molecule has 40 heavy (non-hydrogen) atoms. The lowest BCUT2D eigenvalue weighted by atomic mass is 9.76. The van der Waals surface area contributed by atoms with Crippen LogP contribution in [0.4, 0.5) is 0 Å². The molecule has 3 aliphatic rings. The topological polar surface area (TPSA) is 133 Å². The Balaban J connectivity index is 1.67. The van der Waals surface area contributed by atoms with Crippen LogP contribution in [0.3, 0.4) is 0 Å². The first-order valence-electron chi connectivity index (χ1n) is 13.1. The lowest BCUT2D eigenvalue weighted by Gasteiger charge is -2.49. The molecule has 2 N–H and O–H groups in total. The van der Waals surface area contributed by atoms with Crippen molar-refractivity contribution < 1.29 is 18.0 Å². The molecule has 0 spiro atoms. The van der Waals surface area contributed by atoms with Crippen molar-refractivity contribution in [1.82, 2.24) is 14.9 Å². The van der Waals surface area contributed by atoms with Crippen molar-refractivity contribution in [2.75, 3.05) is 12.9 Å². The van der Waals surface area contributed by atoms with E-state index in [0.29, 0.717) is 45.4 Å². The zero-order chi connectivity index (χ0) is 28.6. The third-order valence-corrected chi connectivity index (χ3v) is 8.90. The smallest absolute Gasteiger partial charge is 0.255 e. The van der Waals surface area contributed by atoms with E-state index in [-0.39, 0.29) is 18.5 Å². The Morgan fingerprint density at radius 2 is 1.85 bits per heavy atom. The fourth-order valence-corrected chi connectivity index (χ4v) is 7.30. The number of hydrogen-bond acceptors (Lipinski definition) is 7. The largest absolute Gasteiger partial charge is 0.346 e. The molecule has 0 aromatic heterocycles. The van der Waals surface area contributed by atoms with E-state index in [1.165, 1.54) is 0 Å². The number of fused-ring (bicyclic) bond motifs is 1.